The van der Waals surface area contributed by atoms with Gasteiger partial charge in [-0.1, -0.05) is 37.0 Å². The quantitative estimate of drug-likeness (QED) is 0.800. The summed E-state index contributed by atoms with van der Waals surface area (Å²) in [6.45, 7) is 4.36. The Bertz CT molecular complexity index is 873. The molecule has 0 spiro atoms. The van der Waals surface area contributed by atoms with E-state index in [0.29, 0.717) is 24.5 Å². The third kappa shape index (κ3) is 4.00. The Balaban J connectivity index is 2.20. The van der Waals surface area contributed by atoms with E-state index in [9.17, 15) is 13.2 Å². The van der Waals surface area contributed by atoms with Crippen LogP contribution in [0.5, 0.6) is 0 Å². The van der Waals surface area contributed by atoms with Crippen LogP contribution in [-0.4, -0.2) is 36.3 Å². The first-order valence-electron chi connectivity index (χ1n) is 7.64. The average Bonchev–Trinajstić information content (AvgIpc) is 2.84. The van der Waals surface area contributed by atoms with Crippen LogP contribution in [0, 0.1) is 0 Å². The molecule has 2 rings (SSSR count). The van der Waals surface area contributed by atoms with Gasteiger partial charge in [-0.25, -0.2) is 8.42 Å². The minimum Gasteiger partial charge on any atom is -0.329 e. The van der Waals surface area contributed by atoms with E-state index in [-0.39, 0.29) is 15.1 Å². The van der Waals surface area contributed by atoms with Crippen LogP contribution in [0.3, 0.4) is 0 Å². The van der Waals surface area contributed by atoms with Gasteiger partial charge >= 0.3 is 0 Å². The highest BCUT2D eigenvalue weighted by atomic mass is 35.5. The number of nitrogens with one attached hydrogen (secondary N) is 1. The molecule has 0 fully saturated rings. The Morgan fingerprint density at radius 3 is 2.16 bits per heavy atom. The number of aromatic nitrogens is 1. The van der Waals surface area contributed by atoms with Gasteiger partial charge in [0.25, 0.3) is 5.91 Å². The van der Waals surface area contributed by atoms with E-state index < -0.39 is 15.9 Å². The molecule has 1 heterocycles. The second-order valence-electron chi connectivity index (χ2n) is 5.30. The molecule has 0 bridgehead atoms. The van der Waals surface area contributed by atoms with Crippen LogP contribution in [0.25, 0.3) is 0 Å². The van der Waals surface area contributed by atoms with Crippen LogP contribution in [0.2, 0.25) is 10.2 Å². The van der Waals surface area contributed by atoms with Crippen molar-refractivity contribution in [3.63, 3.8) is 0 Å². The third-order valence-corrected chi connectivity index (χ3v) is 6.71. The Morgan fingerprint density at radius 2 is 1.72 bits per heavy atom. The Morgan fingerprint density at radius 1 is 1.16 bits per heavy atom. The van der Waals surface area contributed by atoms with Gasteiger partial charge in [0, 0.05) is 25.8 Å². The lowest BCUT2D eigenvalue weighted by Crippen LogP contribution is -2.30. The largest absolute Gasteiger partial charge is 0.329 e. The molecule has 1 aromatic heterocycles. The summed E-state index contributed by atoms with van der Waals surface area (Å²) in [7, 11) is -1.90. The van der Waals surface area contributed by atoms with Gasteiger partial charge in [0.2, 0.25) is 10.0 Å². The van der Waals surface area contributed by atoms with Crippen molar-refractivity contribution in [2.75, 3.05) is 18.4 Å². The SMILES string of the molecule is CCN(CC)S(=O)(=O)c1ccc(NC(=O)c2cc(Cl)c(Cl)n2C)cc1. The van der Waals surface area contributed by atoms with Gasteiger partial charge in [-0.15, -0.1) is 0 Å². The molecule has 0 saturated carbocycles. The average molecular weight is 404 g/mol. The van der Waals surface area contributed by atoms with E-state index >= 15 is 0 Å². The topological polar surface area (TPSA) is 71.4 Å². The van der Waals surface area contributed by atoms with Crippen molar-refractivity contribution < 1.29 is 13.2 Å². The smallest absolute Gasteiger partial charge is 0.272 e. The second-order valence-corrected chi connectivity index (χ2v) is 8.00. The van der Waals surface area contributed by atoms with Gasteiger partial charge < -0.3 is 9.88 Å². The molecule has 9 heteroatoms. The van der Waals surface area contributed by atoms with Crippen molar-refractivity contribution in [1.29, 1.82) is 0 Å². The number of hydrogen-bond acceptors (Lipinski definition) is 3. The van der Waals surface area contributed by atoms with Crippen molar-refractivity contribution in [1.82, 2.24) is 8.87 Å². The van der Waals surface area contributed by atoms with Gasteiger partial charge in [-0.2, -0.15) is 4.31 Å². The maximum Gasteiger partial charge on any atom is 0.272 e. The maximum atomic E-state index is 12.4. The predicted molar refractivity (Wildman–Crippen MR) is 99.9 cm³/mol. The summed E-state index contributed by atoms with van der Waals surface area (Å²) >= 11 is 11.9. The normalized spacial score (nSPS) is 11.8. The van der Waals surface area contributed by atoms with Crippen molar-refractivity contribution >= 4 is 44.8 Å². The summed E-state index contributed by atoms with van der Waals surface area (Å²) in [5, 5.41) is 3.25. The summed E-state index contributed by atoms with van der Waals surface area (Å²) in [4.78, 5) is 12.5. The van der Waals surface area contributed by atoms with E-state index in [0.717, 1.165) is 0 Å². The Labute approximate surface area is 157 Å². The first-order valence-corrected chi connectivity index (χ1v) is 9.84. The lowest BCUT2D eigenvalue weighted by atomic mass is 10.3. The molecule has 0 radical (unpaired) electrons. The van der Waals surface area contributed by atoms with Crippen LogP contribution in [0.1, 0.15) is 24.3 Å². The molecule has 6 nitrogen and oxygen atoms in total. The van der Waals surface area contributed by atoms with Gasteiger partial charge in [-0.05, 0) is 30.3 Å². The fourth-order valence-corrected chi connectivity index (χ4v) is 4.21. The lowest BCUT2D eigenvalue weighted by Gasteiger charge is -2.18. The fraction of sp³-hybridized carbons (Fsp3) is 0.312. The summed E-state index contributed by atoms with van der Waals surface area (Å²) in [5.74, 6) is -0.393. The molecule has 1 aromatic carbocycles. The molecular formula is C16H19Cl2N3O3S. The zero-order chi connectivity index (χ0) is 18.8. The Hall–Kier alpha value is -1.54. The standard InChI is InChI=1S/C16H19Cl2N3O3S/c1-4-21(5-2)25(23,24)12-8-6-11(7-9-12)19-16(22)14-10-13(17)15(18)20(14)3/h6-10H,4-5H2,1-3H3,(H,19,22). The molecule has 2 aromatic rings. The molecule has 25 heavy (non-hydrogen) atoms. The maximum absolute atomic E-state index is 12.4. The van der Waals surface area contributed by atoms with E-state index in [2.05, 4.69) is 5.32 Å². The molecule has 1 amide bonds. The molecule has 0 atom stereocenters. The van der Waals surface area contributed by atoms with Crippen molar-refractivity contribution in [3.8, 4) is 0 Å². The number of hydrogen-bond donors (Lipinski definition) is 1. The molecule has 0 saturated heterocycles. The first kappa shape index (κ1) is 19.8. The predicted octanol–water partition coefficient (Wildman–Crippen LogP) is 3.61. The molecule has 0 unspecified atom stereocenters. The monoisotopic (exact) mass is 403 g/mol. The van der Waals surface area contributed by atoms with Crippen molar-refractivity contribution in [3.05, 3.63) is 46.2 Å². The van der Waals surface area contributed by atoms with Crippen LogP contribution in [-0.2, 0) is 17.1 Å². The van der Waals surface area contributed by atoms with Crippen LogP contribution < -0.4 is 5.32 Å². The Kier molecular flexibility index (Phi) is 6.16. The molecular weight excluding hydrogens is 385 g/mol. The summed E-state index contributed by atoms with van der Waals surface area (Å²) in [6, 6.07) is 7.49. The zero-order valence-electron chi connectivity index (χ0n) is 14.1. The highest BCUT2D eigenvalue weighted by molar-refractivity contribution is 7.89. The number of benzene rings is 1. The van der Waals surface area contributed by atoms with Crippen molar-refractivity contribution in [2.24, 2.45) is 7.05 Å². The zero-order valence-corrected chi connectivity index (χ0v) is 16.4. The lowest BCUT2D eigenvalue weighted by molar-refractivity contribution is 0.101. The molecule has 0 aliphatic heterocycles. The van der Waals surface area contributed by atoms with E-state index in [1.807, 2.05) is 0 Å². The van der Waals surface area contributed by atoms with Gasteiger partial charge in [0.05, 0.1) is 9.92 Å². The van der Waals surface area contributed by atoms with Gasteiger partial charge in [0.15, 0.2) is 0 Å². The molecule has 0 aliphatic carbocycles. The van der Waals surface area contributed by atoms with Crippen LogP contribution in [0.4, 0.5) is 5.69 Å². The van der Waals surface area contributed by atoms with Gasteiger partial charge in [-0.3, -0.25) is 4.79 Å². The minimum absolute atomic E-state index is 0.180. The van der Waals surface area contributed by atoms with Crippen LogP contribution in [0.15, 0.2) is 35.2 Å². The number of anilines is 1. The van der Waals surface area contributed by atoms with E-state index in [1.54, 1.807) is 33.0 Å². The molecule has 1 N–H and O–H groups in total. The minimum atomic E-state index is -3.53. The number of carbonyl (C=O) groups is 1. The van der Waals surface area contributed by atoms with Crippen molar-refractivity contribution in [2.45, 2.75) is 18.7 Å². The number of halogens is 2. The summed E-state index contributed by atoms with van der Waals surface area (Å²) in [6.07, 6.45) is 0. The first-order chi connectivity index (χ1) is 11.7. The van der Waals surface area contributed by atoms with Gasteiger partial charge in [0.1, 0.15) is 10.8 Å². The number of amides is 1. The second kappa shape index (κ2) is 7.78. The van der Waals surface area contributed by atoms with E-state index in [1.165, 1.54) is 27.1 Å². The summed E-state index contributed by atoms with van der Waals surface area (Å²) in [5.41, 5.74) is 0.770. The highest BCUT2D eigenvalue weighted by Crippen LogP contribution is 2.26. The number of carbonyl (C=O) groups excluding carboxylic acids is 1. The number of rotatable bonds is 6. The van der Waals surface area contributed by atoms with E-state index in [4.69, 9.17) is 23.2 Å². The highest BCUT2D eigenvalue weighted by Gasteiger charge is 2.21. The van der Waals surface area contributed by atoms with Crippen LogP contribution >= 0.6 is 23.2 Å². The molecule has 136 valence electrons. The number of nitrogens with zero attached hydrogens (tertiary/aromatic N) is 2. The third-order valence-electron chi connectivity index (χ3n) is 3.80. The summed E-state index contributed by atoms with van der Waals surface area (Å²) < 4.78 is 27.7. The number of sulfonamides is 1. The molecule has 0 aliphatic rings. The fourth-order valence-electron chi connectivity index (χ4n) is 2.38.